The minimum atomic E-state index is -0.0730. The summed E-state index contributed by atoms with van der Waals surface area (Å²) in [4.78, 5) is 12.3. The van der Waals surface area contributed by atoms with E-state index < -0.39 is 0 Å². The van der Waals surface area contributed by atoms with Crippen LogP contribution < -0.4 is 4.74 Å². The standard InChI is InChI=1S/C37H66O2/c1-3-5-7-9-11-13-15-17-19-21-23-25-27-30-35-31-29-32-36(34-35)39-37(38)33-28-26-24-22-20-18-16-14-12-10-8-6-4-2/h29,31-32,34H,3-28,30,33H2,1-2H3. The highest BCUT2D eigenvalue weighted by atomic mass is 16.5. The summed E-state index contributed by atoms with van der Waals surface area (Å²) in [5.41, 5.74) is 1.30. The van der Waals surface area contributed by atoms with E-state index in [0.717, 1.165) is 25.0 Å². The number of rotatable bonds is 29. The maximum Gasteiger partial charge on any atom is 0.311 e. The molecule has 0 unspecified atom stereocenters. The molecule has 0 fully saturated rings. The van der Waals surface area contributed by atoms with Crippen LogP contribution in [-0.4, -0.2) is 5.97 Å². The van der Waals surface area contributed by atoms with E-state index >= 15 is 0 Å². The SMILES string of the molecule is CCCCCCCCCCCCCCCC(=O)Oc1cccc(CCCCCCCCCCCCCCC)c1. The Morgan fingerprint density at radius 2 is 0.897 bits per heavy atom. The lowest BCUT2D eigenvalue weighted by atomic mass is 10.0. The molecule has 0 saturated carbocycles. The Kier molecular flexibility index (Phi) is 25.9. The molecular weight excluding hydrogens is 476 g/mol. The Morgan fingerprint density at radius 1 is 0.513 bits per heavy atom. The van der Waals surface area contributed by atoms with Crippen molar-refractivity contribution >= 4 is 5.97 Å². The van der Waals surface area contributed by atoms with Crippen molar-refractivity contribution in [2.75, 3.05) is 0 Å². The van der Waals surface area contributed by atoms with Gasteiger partial charge in [0, 0.05) is 6.42 Å². The third kappa shape index (κ3) is 24.2. The van der Waals surface area contributed by atoms with Crippen LogP contribution in [0.3, 0.4) is 0 Å². The number of hydrogen-bond donors (Lipinski definition) is 0. The van der Waals surface area contributed by atoms with Crippen molar-refractivity contribution in [3.05, 3.63) is 29.8 Å². The number of carbonyl (C=O) groups is 1. The summed E-state index contributed by atoms with van der Waals surface area (Å²) in [7, 11) is 0. The average molecular weight is 543 g/mol. The molecule has 0 aliphatic carbocycles. The van der Waals surface area contributed by atoms with E-state index in [1.165, 1.54) is 160 Å². The molecule has 226 valence electrons. The molecule has 0 aromatic heterocycles. The van der Waals surface area contributed by atoms with Crippen molar-refractivity contribution < 1.29 is 9.53 Å². The number of unbranched alkanes of at least 4 members (excludes halogenated alkanes) is 24. The van der Waals surface area contributed by atoms with Gasteiger partial charge in [0.15, 0.2) is 0 Å². The van der Waals surface area contributed by atoms with Gasteiger partial charge in [0.25, 0.3) is 0 Å². The highest BCUT2D eigenvalue weighted by Crippen LogP contribution is 2.18. The van der Waals surface area contributed by atoms with Crippen LogP contribution in [0.15, 0.2) is 24.3 Å². The van der Waals surface area contributed by atoms with Crippen LogP contribution in [0, 0.1) is 0 Å². The molecular formula is C37H66O2. The molecule has 39 heavy (non-hydrogen) atoms. The number of esters is 1. The molecule has 0 spiro atoms. The van der Waals surface area contributed by atoms with Gasteiger partial charge in [-0.05, 0) is 37.0 Å². The van der Waals surface area contributed by atoms with Crippen molar-refractivity contribution in [2.24, 2.45) is 0 Å². The molecule has 0 amide bonds. The zero-order valence-electron chi connectivity index (χ0n) is 26.4. The first kappa shape index (κ1) is 35.7. The van der Waals surface area contributed by atoms with Gasteiger partial charge in [0.1, 0.15) is 5.75 Å². The van der Waals surface area contributed by atoms with Crippen LogP contribution in [0.2, 0.25) is 0 Å². The molecule has 0 heterocycles. The highest BCUT2D eigenvalue weighted by Gasteiger charge is 2.06. The summed E-state index contributed by atoms with van der Waals surface area (Å²) in [6.45, 7) is 4.57. The average Bonchev–Trinajstić information content (AvgIpc) is 2.94. The van der Waals surface area contributed by atoms with Gasteiger partial charge >= 0.3 is 5.97 Å². The quantitative estimate of drug-likeness (QED) is 0.0571. The summed E-state index contributed by atoms with van der Waals surface area (Å²) >= 11 is 0. The number of ether oxygens (including phenoxy) is 1. The van der Waals surface area contributed by atoms with Gasteiger partial charge in [-0.2, -0.15) is 0 Å². The highest BCUT2D eigenvalue weighted by molar-refractivity contribution is 5.72. The topological polar surface area (TPSA) is 26.3 Å². The summed E-state index contributed by atoms with van der Waals surface area (Å²) in [6, 6.07) is 8.20. The Morgan fingerprint density at radius 3 is 1.33 bits per heavy atom. The molecule has 2 heteroatoms. The maximum atomic E-state index is 12.3. The smallest absolute Gasteiger partial charge is 0.311 e. The number of benzene rings is 1. The van der Waals surface area contributed by atoms with Crippen molar-refractivity contribution in [2.45, 2.75) is 194 Å². The molecule has 0 aliphatic heterocycles. The Labute approximate surface area is 244 Å². The van der Waals surface area contributed by atoms with E-state index in [2.05, 4.69) is 26.0 Å². The van der Waals surface area contributed by atoms with Gasteiger partial charge in [-0.25, -0.2) is 0 Å². The van der Waals surface area contributed by atoms with Crippen LogP contribution >= 0.6 is 0 Å². The first-order valence-electron chi connectivity index (χ1n) is 17.6. The van der Waals surface area contributed by atoms with Crippen LogP contribution in [0.1, 0.15) is 193 Å². The molecule has 1 aromatic carbocycles. The van der Waals surface area contributed by atoms with Crippen molar-refractivity contribution in [1.82, 2.24) is 0 Å². The van der Waals surface area contributed by atoms with Gasteiger partial charge in [-0.1, -0.05) is 180 Å². The first-order valence-corrected chi connectivity index (χ1v) is 17.6. The third-order valence-corrected chi connectivity index (χ3v) is 8.18. The van der Waals surface area contributed by atoms with Crippen LogP contribution in [0.4, 0.5) is 0 Å². The number of aryl methyl sites for hydroxylation is 1. The zero-order chi connectivity index (χ0) is 28.1. The summed E-state index contributed by atoms with van der Waals surface area (Å²) < 4.78 is 5.64. The van der Waals surface area contributed by atoms with E-state index in [1.54, 1.807) is 0 Å². The van der Waals surface area contributed by atoms with E-state index in [1.807, 2.05) is 12.1 Å². The Bertz CT molecular complexity index is 653. The molecule has 0 aliphatic rings. The molecule has 0 N–H and O–H groups in total. The lowest BCUT2D eigenvalue weighted by molar-refractivity contribution is -0.134. The summed E-state index contributed by atoms with van der Waals surface area (Å²) in [6.07, 6.45) is 36.9. The van der Waals surface area contributed by atoms with Gasteiger partial charge < -0.3 is 4.74 Å². The fourth-order valence-electron chi connectivity index (χ4n) is 5.58. The summed E-state index contributed by atoms with van der Waals surface area (Å²) in [5.74, 6) is 0.651. The van der Waals surface area contributed by atoms with Gasteiger partial charge in [0.2, 0.25) is 0 Å². The molecule has 1 aromatic rings. The Hall–Kier alpha value is -1.31. The van der Waals surface area contributed by atoms with E-state index in [-0.39, 0.29) is 5.97 Å². The molecule has 1 rings (SSSR count). The second kappa shape index (κ2) is 28.2. The maximum absolute atomic E-state index is 12.3. The second-order valence-electron chi connectivity index (χ2n) is 12.1. The van der Waals surface area contributed by atoms with Gasteiger partial charge in [-0.15, -0.1) is 0 Å². The van der Waals surface area contributed by atoms with E-state index in [0.29, 0.717) is 6.42 Å². The number of hydrogen-bond acceptors (Lipinski definition) is 2. The predicted molar refractivity (Wildman–Crippen MR) is 172 cm³/mol. The lowest BCUT2D eigenvalue weighted by Gasteiger charge is -2.07. The van der Waals surface area contributed by atoms with Crippen molar-refractivity contribution in [3.63, 3.8) is 0 Å². The molecule has 0 radical (unpaired) electrons. The van der Waals surface area contributed by atoms with Crippen molar-refractivity contribution in [1.29, 1.82) is 0 Å². The molecule has 0 saturated heterocycles. The normalized spacial score (nSPS) is 11.2. The van der Waals surface area contributed by atoms with E-state index in [9.17, 15) is 4.79 Å². The zero-order valence-corrected chi connectivity index (χ0v) is 26.4. The monoisotopic (exact) mass is 543 g/mol. The largest absolute Gasteiger partial charge is 0.427 e. The molecule has 0 bridgehead atoms. The molecule has 0 atom stereocenters. The lowest BCUT2D eigenvalue weighted by Crippen LogP contribution is -2.07. The fraction of sp³-hybridized carbons (Fsp3) is 0.811. The third-order valence-electron chi connectivity index (χ3n) is 8.18. The fourth-order valence-corrected chi connectivity index (χ4v) is 5.58. The molecule has 2 nitrogen and oxygen atoms in total. The van der Waals surface area contributed by atoms with Crippen LogP contribution in [-0.2, 0) is 11.2 Å². The van der Waals surface area contributed by atoms with Crippen LogP contribution in [0.5, 0.6) is 5.75 Å². The summed E-state index contributed by atoms with van der Waals surface area (Å²) in [5, 5.41) is 0. The van der Waals surface area contributed by atoms with Gasteiger partial charge in [-0.3, -0.25) is 4.79 Å². The predicted octanol–water partition coefficient (Wildman–Crippen LogP) is 12.7. The number of carbonyl (C=O) groups excluding carboxylic acids is 1. The van der Waals surface area contributed by atoms with Crippen LogP contribution in [0.25, 0.3) is 0 Å². The Balaban J connectivity index is 1.95. The van der Waals surface area contributed by atoms with E-state index in [4.69, 9.17) is 4.74 Å². The second-order valence-corrected chi connectivity index (χ2v) is 12.1. The minimum absolute atomic E-state index is 0.0730. The van der Waals surface area contributed by atoms with Crippen molar-refractivity contribution in [3.8, 4) is 5.75 Å². The first-order chi connectivity index (χ1) is 19.3. The van der Waals surface area contributed by atoms with Gasteiger partial charge in [0.05, 0.1) is 0 Å². The minimum Gasteiger partial charge on any atom is -0.427 e.